The second-order valence-electron chi connectivity index (χ2n) is 3.91. The van der Waals surface area contributed by atoms with Crippen LogP contribution in [0, 0.1) is 5.82 Å². The molecule has 0 N–H and O–H groups in total. The van der Waals surface area contributed by atoms with Crippen LogP contribution in [-0.2, 0) is 4.84 Å². The van der Waals surface area contributed by atoms with Crippen molar-refractivity contribution in [1.29, 1.82) is 0 Å². The van der Waals surface area contributed by atoms with Gasteiger partial charge in [-0.15, -0.1) is 0 Å². The molecule has 2 nitrogen and oxygen atoms in total. The molecule has 0 atom stereocenters. The summed E-state index contributed by atoms with van der Waals surface area (Å²) in [7, 11) is 1.49. The summed E-state index contributed by atoms with van der Waals surface area (Å²) >= 11 is 0. The zero-order valence-electron chi connectivity index (χ0n) is 10.6. The number of allylic oxidation sites excluding steroid dienone is 1. The van der Waals surface area contributed by atoms with Crippen molar-refractivity contribution in [3.05, 3.63) is 77.6 Å². The van der Waals surface area contributed by atoms with Crippen molar-refractivity contribution in [3.63, 3.8) is 0 Å². The van der Waals surface area contributed by atoms with Gasteiger partial charge in [0.25, 0.3) is 0 Å². The minimum atomic E-state index is -0.271. The largest absolute Gasteiger partial charge is 0.399 e. The lowest BCUT2D eigenvalue weighted by Gasteiger charge is -2.01. The highest BCUT2D eigenvalue weighted by atomic mass is 19.1. The van der Waals surface area contributed by atoms with E-state index in [1.165, 1.54) is 19.2 Å². The van der Waals surface area contributed by atoms with E-state index in [2.05, 4.69) is 5.16 Å². The Hall–Kier alpha value is -2.42. The van der Waals surface area contributed by atoms with Crippen molar-refractivity contribution >= 4 is 11.8 Å². The van der Waals surface area contributed by atoms with E-state index >= 15 is 0 Å². The summed E-state index contributed by atoms with van der Waals surface area (Å²) in [4.78, 5) is 4.82. The third-order valence-electron chi connectivity index (χ3n) is 2.56. The van der Waals surface area contributed by atoms with E-state index in [9.17, 15) is 4.39 Å². The molecule has 2 aromatic carbocycles. The molecule has 19 heavy (non-hydrogen) atoms. The summed E-state index contributed by atoms with van der Waals surface area (Å²) in [5.74, 6) is -0.271. The number of oxime groups is 1. The van der Waals surface area contributed by atoms with Crippen LogP contribution in [0.3, 0.4) is 0 Å². The Balaban J connectivity index is 2.24. The number of rotatable bonds is 4. The molecular weight excluding hydrogens is 241 g/mol. The van der Waals surface area contributed by atoms with E-state index in [-0.39, 0.29) is 5.82 Å². The van der Waals surface area contributed by atoms with E-state index in [4.69, 9.17) is 4.84 Å². The Morgan fingerprint density at radius 2 is 1.74 bits per heavy atom. The Morgan fingerprint density at radius 1 is 1.05 bits per heavy atom. The Kier molecular flexibility index (Phi) is 4.45. The molecule has 0 aromatic heterocycles. The Labute approximate surface area is 111 Å². The molecule has 0 radical (unpaired) electrons. The molecule has 0 aliphatic rings. The monoisotopic (exact) mass is 255 g/mol. The number of halogens is 1. The third-order valence-corrected chi connectivity index (χ3v) is 2.56. The fraction of sp³-hybridized carbons (Fsp3) is 0.0625. The predicted octanol–water partition coefficient (Wildman–Crippen LogP) is 3.89. The first-order valence-electron chi connectivity index (χ1n) is 5.90. The van der Waals surface area contributed by atoms with E-state index in [1.54, 1.807) is 12.1 Å². The number of hydrogen-bond acceptors (Lipinski definition) is 2. The molecule has 2 aromatic rings. The highest BCUT2D eigenvalue weighted by Crippen LogP contribution is 2.08. The van der Waals surface area contributed by atoms with E-state index < -0.39 is 0 Å². The highest BCUT2D eigenvalue weighted by Gasteiger charge is 2.01. The molecule has 0 spiro atoms. The van der Waals surface area contributed by atoms with E-state index in [0.29, 0.717) is 5.71 Å². The zero-order chi connectivity index (χ0) is 13.5. The van der Waals surface area contributed by atoms with Crippen molar-refractivity contribution in [2.24, 2.45) is 5.16 Å². The third kappa shape index (κ3) is 3.78. The first-order chi connectivity index (χ1) is 9.29. The maximum absolute atomic E-state index is 12.9. The van der Waals surface area contributed by atoms with E-state index in [0.717, 1.165) is 11.1 Å². The Bertz CT molecular complexity index is 573. The molecule has 0 heterocycles. The lowest BCUT2D eigenvalue weighted by atomic mass is 10.1. The fourth-order valence-electron chi connectivity index (χ4n) is 1.64. The fourth-order valence-corrected chi connectivity index (χ4v) is 1.64. The van der Waals surface area contributed by atoms with Gasteiger partial charge in [-0.2, -0.15) is 0 Å². The first kappa shape index (κ1) is 13.0. The minimum Gasteiger partial charge on any atom is -0.399 e. The molecule has 0 saturated carbocycles. The van der Waals surface area contributed by atoms with Gasteiger partial charge < -0.3 is 4.84 Å². The van der Waals surface area contributed by atoms with Crippen molar-refractivity contribution in [2.75, 3.05) is 7.11 Å². The lowest BCUT2D eigenvalue weighted by Crippen LogP contribution is -1.97. The van der Waals surface area contributed by atoms with Crippen molar-refractivity contribution < 1.29 is 9.23 Å². The molecule has 0 saturated heterocycles. The number of benzene rings is 2. The van der Waals surface area contributed by atoms with Gasteiger partial charge in [-0.25, -0.2) is 4.39 Å². The van der Waals surface area contributed by atoms with Crippen molar-refractivity contribution in [1.82, 2.24) is 0 Å². The molecule has 0 amide bonds. The molecule has 96 valence electrons. The van der Waals surface area contributed by atoms with Crippen LogP contribution in [-0.4, -0.2) is 12.8 Å². The van der Waals surface area contributed by atoms with Crippen LogP contribution in [0.4, 0.5) is 4.39 Å². The smallest absolute Gasteiger partial charge is 0.123 e. The van der Waals surface area contributed by atoms with Gasteiger partial charge in [-0.05, 0) is 35.9 Å². The minimum absolute atomic E-state index is 0.271. The second kappa shape index (κ2) is 6.50. The standard InChI is InChI=1S/C16H14FNO/c1-19-18-16(14-8-10-15(17)11-9-14)12-7-13-5-3-2-4-6-13/h2-12H,1H3/b12-7+,18-16+. The molecule has 0 aliphatic heterocycles. The molecule has 2 rings (SSSR count). The zero-order valence-corrected chi connectivity index (χ0v) is 10.6. The molecule has 0 aliphatic carbocycles. The average Bonchev–Trinajstić information content (AvgIpc) is 2.46. The van der Waals surface area contributed by atoms with Gasteiger partial charge in [0.15, 0.2) is 0 Å². The van der Waals surface area contributed by atoms with Crippen LogP contribution < -0.4 is 0 Å². The SMILES string of the molecule is CO/N=C(\C=C\c1ccccc1)c1ccc(F)cc1. The van der Waals surface area contributed by atoms with Crippen LogP contribution >= 0.6 is 0 Å². The number of hydrogen-bond donors (Lipinski definition) is 0. The van der Waals surface area contributed by atoms with Crippen LogP contribution in [0.5, 0.6) is 0 Å². The van der Waals surface area contributed by atoms with Gasteiger partial charge in [0.05, 0.1) is 0 Å². The predicted molar refractivity (Wildman–Crippen MR) is 75.4 cm³/mol. The molecule has 0 bridgehead atoms. The van der Waals surface area contributed by atoms with E-state index in [1.807, 2.05) is 42.5 Å². The van der Waals surface area contributed by atoms with Crippen LogP contribution in [0.1, 0.15) is 11.1 Å². The maximum atomic E-state index is 12.9. The van der Waals surface area contributed by atoms with Gasteiger partial charge in [0.2, 0.25) is 0 Å². The molecular formula is C16H14FNO. The second-order valence-corrected chi connectivity index (χ2v) is 3.91. The van der Waals surface area contributed by atoms with Crippen molar-refractivity contribution in [2.45, 2.75) is 0 Å². The normalized spacial score (nSPS) is 11.8. The maximum Gasteiger partial charge on any atom is 0.123 e. The lowest BCUT2D eigenvalue weighted by molar-refractivity contribution is 0.214. The number of nitrogens with zero attached hydrogens (tertiary/aromatic N) is 1. The van der Waals surface area contributed by atoms with Crippen LogP contribution in [0.15, 0.2) is 65.8 Å². The molecule has 0 fully saturated rings. The summed E-state index contributed by atoms with van der Waals surface area (Å²) in [6.45, 7) is 0. The molecule has 0 unspecified atom stereocenters. The summed E-state index contributed by atoms with van der Waals surface area (Å²) in [5.41, 5.74) is 2.51. The van der Waals surface area contributed by atoms with Crippen molar-refractivity contribution in [3.8, 4) is 0 Å². The van der Waals surface area contributed by atoms with Gasteiger partial charge in [-0.1, -0.05) is 41.6 Å². The highest BCUT2D eigenvalue weighted by molar-refractivity contribution is 6.10. The van der Waals surface area contributed by atoms with Gasteiger partial charge >= 0.3 is 0 Å². The summed E-state index contributed by atoms with van der Waals surface area (Å²) in [5, 5.41) is 3.95. The quantitative estimate of drug-likeness (QED) is 0.600. The topological polar surface area (TPSA) is 21.6 Å². The first-order valence-corrected chi connectivity index (χ1v) is 5.90. The van der Waals surface area contributed by atoms with Gasteiger partial charge in [0, 0.05) is 5.56 Å². The Morgan fingerprint density at radius 3 is 2.37 bits per heavy atom. The van der Waals surface area contributed by atoms with Crippen LogP contribution in [0.25, 0.3) is 6.08 Å². The molecule has 3 heteroatoms. The van der Waals surface area contributed by atoms with Crippen LogP contribution in [0.2, 0.25) is 0 Å². The summed E-state index contributed by atoms with van der Waals surface area (Å²) < 4.78 is 12.9. The average molecular weight is 255 g/mol. The van der Waals surface area contributed by atoms with Gasteiger partial charge in [-0.3, -0.25) is 0 Å². The van der Waals surface area contributed by atoms with Gasteiger partial charge in [0.1, 0.15) is 18.6 Å². The summed E-state index contributed by atoms with van der Waals surface area (Å²) in [6.07, 6.45) is 3.77. The summed E-state index contributed by atoms with van der Waals surface area (Å²) in [6, 6.07) is 16.0.